The molecule has 1 aromatic heterocycles. The molecule has 0 fully saturated rings. The van der Waals surface area contributed by atoms with Gasteiger partial charge in [-0.15, -0.1) is 0 Å². The highest BCUT2D eigenvalue weighted by Gasteiger charge is 2.01. The van der Waals surface area contributed by atoms with Crippen molar-refractivity contribution in [3.8, 4) is 0 Å². The first-order chi connectivity index (χ1) is 7.22. The van der Waals surface area contributed by atoms with Crippen LogP contribution in [-0.4, -0.2) is 16.5 Å². The van der Waals surface area contributed by atoms with E-state index in [4.69, 9.17) is 0 Å². The molecule has 1 N–H and O–H groups in total. The maximum atomic E-state index is 4.51. The van der Waals surface area contributed by atoms with Gasteiger partial charge >= 0.3 is 0 Å². The van der Waals surface area contributed by atoms with E-state index in [2.05, 4.69) is 36.1 Å². The van der Waals surface area contributed by atoms with E-state index in [1.807, 2.05) is 12.3 Å². The van der Waals surface area contributed by atoms with Crippen molar-refractivity contribution < 1.29 is 0 Å². The Bertz CT molecular complexity index is 284. The lowest BCUT2D eigenvalue weighted by Crippen LogP contribution is -2.15. The summed E-state index contributed by atoms with van der Waals surface area (Å²) in [6, 6.07) is 1.98. The molecule has 0 aliphatic heterocycles. The molecule has 3 nitrogen and oxygen atoms in total. The summed E-state index contributed by atoms with van der Waals surface area (Å²) in [4.78, 5) is 8.78. The SMILES string of the molecule is CCCNCc1ccnc(CC(C)C)n1. The van der Waals surface area contributed by atoms with Crippen LogP contribution in [-0.2, 0) is 13.0 Å². The Balaban J connectivity index is 2.50. The topological polar surface area (TPSA) is 37.8 Å². The molecule has 0 saturated heterocycles. The van der Waals surface area contributed by atoms with Gasteiger partial charge in [-0.05, 0) is 24.9 Å². The lowest BCUT2D eigenvalue weighted by molar-refractivity contribution is 0.609. The lowest BCUT2D eigenvalue weighted by Gasteiger charge is -2.06. The standard InChI is InChI=1S/C12H21N3/c1-4-6-13-9-11-5-7-14-12(15-11)8-10(2)3/h5,7,10,13H,4,6,8-9H2,1-3H3. The number of hydrogen-bond donors (Lipinski definition) is 1. The van der Waals surface area contributed by atoms with E-state index in [0.717, 1.165) is 37.4 Å². The summed E-state index contributed by atoms with van der Waals surface area (Å²) in [5, 5.41) is 3.34. The third-order valence-corrected chi connectivity index (χ3v) is 2.09. The average molecular weight is 207 g/mol. The van der Waals surface area contributed by atoms with E-state index in [1.165, 1.54) is 0 Å². The van der Waals surface area contributed by atoms with Crippen LogP contribution in [0.1, 0.15) is 38.7 Å². The van der Waals surface area contributed by atoms with Gasteiger partial charge in [0.15, 0.2) is 0 Å². The number of aromatic nitrogens is 2. The molecule has 0 aliphatic carbocycles. The molecule has 84 valence electrons. The average Bonchev–Trinajstić information content (AvgIpc) is 2.18. The van der Waals surface area contributed by atoms with Crippen molar-refractivity contribution in [1.29, 1.82) is 0 Å². The molecular formula is C12H21N3. The van der Waals surface area contributed by atoms with Gasteiger partial charge in [0.25, 0.3) is 0 Å². The zero-order chi connectivity index (χ0) is 11.1. The van der Waals surface area contributed by atoms with Gasteiger partial charge in [0.1, 0.15) is 5.82 Å². The Morgan fingerprint density at radius 1 is 1.40 bits per heavy atom. The fourth-order valence-electron chi connectivity index (χ4n) is 1.40. The van der Waals surface area contributed by atoms with E-state index in [1.54, 1.807) is 0 Å². The van der Waals surface area contributed by atoms with Crippen molar-refractivity contribution >= 4 is 0 Å². The minimum absolute atomic E-state index is 0.615. The van der Waals surface area contributed by atoms with Crippen LogP contribution in [0.2, 0.25) is 0 Å². The molecule has 0 aromatic carbocycles. The predicted molar refractivity (Wildman–Crippen MR) is 62.6 cm³/mol. The van der Waals surface area contributed by atoms with Gasteiger partial charge in [0.05, 0.1) is 5.69 Å². The molecule has 0 atom stereocenters. The number of nitrogens with one attached hydrogen (secondary N) is 1. The van der Waals surface area contributed by atoms with Crippen LogP contribution >= 0.6 is 0 Å². The van der Waals surface area contributed by atoms with Crippen LogP contribution in [0.15, 0.2) is 12.3 Å². The fraction of sp³-hybridized carbons (Fsp3) is 0.667. The minimum Gasteiger partial charge on any atom is -0.311 e. The van der Waals surface area contributed by atoms with Crippen molar-refractivity contribution in [1.82, 2.24) is 15.3 Å². The zero-order valence-electron chi connectivity index (χ0n) is 9.95. The van der Waals surface area contributed by atoms with Gasteiger partial charge in [-0.1, -0.05) is 20.8 Å². The Morgan fingerprint density at radius 3 is 2.87 bits per heavy atom. The summed E-state index contributed by atoms with van der Waals surface area (Å²) in [6.45, 7) is 8.43. The molecule has 1 aromatic rings. The smallest absolute Gasteiger partial charge is 0.128 e. The molecule has 1 rings (SSSR count). The van der Waals surface area contributed by atoms with Gasteiger partial charge in [0, 0.05) is 19.2 Å². The normalized spacial score (nSPS) is 10.9. The third kappa shape index (κ3) is 4.88. The van der Waals surface area contributed by atoms with Crippen molar-refractivity contribution in [2.75, 3.05) is 6.54 Å². The monoisotopic (exact) mass is 207 g/mol. The Morgan fingerprint density at radius 2 is 2.20 bits per heavy atom. The summed E-state index contributed by atoms with van der Waals surface area (Å²) >= 11 is 0. The Labute approximate surface area is 92.3 Å². The summed E-state index contributed by atoms with van der Waals surface area (Å²) in [5.74, 6) is 1.57. The van der Waals surface area contributed by atoms with E-state index in [9.17, 15) is 0 Å². The quantitative estimate of drug-likeness (QED) is 0.726. The second-order valence-electron chi connectivity index (χ2n) is 4.24. The van der Waals surface area contributed by atoms with Crippen LogP contribution in [0.5, 0.6) is 0 Å². The third-order valence-electron chi connectivity index (χ3n) is 2.09. The molecular weight excluding hydrogens is 186 g/mol. The van der Waals surface area contributed by atoms with Crippen LogP contribution in [0.4, 0.5) is 0 Å². The van der Waals surface area contributed by atoms with E-state index in [0.29, 0.717) is 5.92 Å². The van der Waals surface area contributed by atoms with Crippen molar-refractivity contribution in [3.05, 3.63) is 23.8 Å². The molecule has 3 heteroatoms. The first-order valence-corrected chi connectivity index (χ1v) is 5.74. The highest BCUT2D eigenvalue weighted by atomic mass is 14.9. The van der Waals surface area contributed by atoms with Gasteiger partial charge in [-0.2, -0.15) is 0 Å². The second kappa shape index (κ2) is 6.51. The summed E-state index contributed by atoms with van der Waals surface area (Å²) in [7, 11) is 0. The molecule has 0 aliphatic rings. The second-order valence-corrected chi connectivity index (χ2v) is 4.24. The minimum atomic E-state index is 0.615. The first-order valence-electron chi connectivity index (χ1n) is 5.74. The molecule has 15 heavy (non-hydrogen) atoms. The molecule has 0 spiro atoms. The zero-order valence-corrected chi connectivity index (χ0v) is 9.95. The molecule has 0 amide bonds. The fourth-order valence-corrected chi connectivity index (χ4v) is 1.40. The van der Waals surface area contributed by atoms with E-state index >= 15 is 0 Å². The van der Waals surface area contributed by atoms with Gasteiger partial charge in [-0.3, -0.25) is 0 Å². The summed E-state index contributed by atoms with van der Waals surface area (Å²) in [5.41, 5.74) is 1.09. The van der Waals surface area contributed by atoms with Gasteiger partial charge in [-0.25, -0.2) is 9.97 Å². The van der Waals surface area contributed by atoms with Crippen molar-refractivity contribution in [2.45, 2.75) is 40.2 Å². The van der Waals surface area contributed by atoms with Crippen LogP contribution in [0.25, 0.3) is 0 Å². The maximum absolute atomic E-state index is 4.51. The van der Waals surface area contributed by atoms with Crippen LogP contribution < -0.4 is 5.32 Å². The number of nitrogens with zero attached hydrogens (tertiary/aromatic N) is 2. The van der Waals surface area contributed by atoms with Crippen molar-refractivity contribution in [3.63, 3.8) is 0 Å². The summed E-state index contributed by atoms with van der Waals surface area (Å²) < 4.78 is 0. The highest BCUT2D eigenvalue weighted by molar-refractivity contribution is 5.02. The van der Waals surface area contributed by atoms with E-state index < -0.39 is 0 Å². The van der Waals surface area contributed by atoms with Crippen LogP contribution in [0, 0.1) is 5.92 Å². The van der Waals surface area contributed by atoms with Gasteiger partial charge in [0.2, 0.25) is 0 Å². The Kier molecular flexibility index (Phi) is 5.26. The predicted octanol–water partition coefficient (Wildman–Crippen LogP) is 2.17. The summed E-state index contributed by atoms with van der Waals surface area (Å²) in [6.07, 6.45) is 3.97. The Hall–Kier alpha value is -0.960. The maximum Gasteiger partial charge on any atom is 0.128 e. The van der Waals surface area contributed by atoms with Gasteiger partial charge < -0.3 is 5.32 Å². The largest absolute Gasteiger partial charge is 0.311 e. The van der Waals surface area contributed by atoms with Crippen LogP contribution in [0.3, 0.4) is 0 Å². The molecule has 0 unspecified atom stereocenters. The lowest BCUT2D eigenvalue weighted by atomic mass is 10.1. The number of hydrogen-bond acceptors (Lipinski definition) is 3. The molecule has 1 heterocycles. The molecule has 0 saturated carbocycles. The number of rotatable bonds is 6. The molecule has 0 bridgehead atoms. The highest BCUT2D eigenvalue weighted by Crippen LogP contribution is 2.03. The van der Waals surface area contributed by atoms with E-state index in [-0.39, 0.29) is 0 Å². The first kappa shape index (κ1) is 12.1. The molecule has 0 radical (unpaired) electrons. The van der Waals surface area contributed by atoms with Crippen molar-refractivity contribution in [2.24, 2.45) is 5.92 Å².